The second-order valence-electron chi connectivity index (χ2n) is 7.34. The maximum atomic E-state index is 12.7. The minimum absolute atomic E-state index is 0.0585. The molecule has 3 aromatic rings. The molecule has 0 spiro atoms. The van der Waals surface area contributed by atoms with Crippen LogP contribution in [0.5, 0.6) is 0 Å². The van der Waals surface area contributed by atoms with Crippen molar-refractivity contribution in [1.82, 2.24) is 25.2 Å². The van der Waals surface area contributed by atoms with Crippen molar-refractivity contribution in [2.24, 2.45) is 0 Å². The number of likely N-dealkylation sites (tertiary alicyclic amines) is 1. The number of hydrogen-bond donors (Lipinski definition) is 2. The monoisotopic (exact) mass is 379 g/mol. The van der Waals surface area contributed by atoms with Crippen LogP contribution in [0.15, 0.2) is 42.6 Å². The van der Waals surface area contributed by atoms with Crippen LogP contribution in [0.3, 0.4) is 0 Å². The van der Waals surface area contributed by atoms with Gasteiger partial charge in [-0.1, -0.05) is 41.6 Å². The van der Waals surface area contributed by atoms with Crippen LogP contribution >= 0.6 is 0 Å². The Morgan fingerprint density at radius 2 is 2.07 bits per heavy atom. The van der Waals surface area contributed by atoms with Crippen molar-refractivity contribution in [3.8, 4) is 0 Å². The number of nitrogens with zero attached hydrogens (tertiary/aromatic N) is 4. The van der Waals surface area contributed by atoms with Crippen molar-refractivity contribution in [2.45, 2.75) is 39.0 Å². The van der Waals surface area contributed by atoms with Crippen molar-refractivity contribution in [3.63, 3.8) is 0 Å². The van der Waals surface area contributed by atoms with Crippen molar-refractivity contribution in [1.29, 1.82) is 0 Å². The molecule has 28 heavy (non-hydrogen) atoms. The molecule has 2 aromatic carbocycles. The van der Waals surface area contributed by atoms with Gasteiger partial charge in [-0.15, -0.1) is 5.10 Å². The highest BCUT2D eigenvalue weighted by Crippen LogP contribution is 2.23. The van der Waals surface area contributed by atoms with Crippen LogP contribution in [0.25, 0.3) is 10.8 Å². The van der Waals surface area contributed by atoms with Gasteiger partial charge in [0.05, 0.1) is 18.8 Å². The molecule has 1 atom stereocenters. The second kappa shape index (κ2) is 7.98. The topological polar surface area (TPSA) is 83.3 Å². The van der Waals surface area contributed by atoms with Gasteiger partial charge in [0.25, 0.3) is 0 Å². The Bertz CT molecular complexity index is 984. The lowest BCUT2D eigenvalue weighted by atomic mass is 10.0. The molecule has 1 aliphatic heterocycles. The standard InChI is InChI=1S/C21H25N5O2/c1-15-8-9-16(20-7-3-2-6-19(15)20)11-22-21(28)25-10-4-5-18(13-25)26-12-17(14-27)23-24-26/h2-3,6-9,12,18,27H,4-5,10-11,13-14H2,1H3,(H,22,28). The van der Waals surface area contributed by atoms with E-state index in [1.54, 1.807) is 10.9 Å². The summed E-state index contributed by atoms with van der Waals surface area (Å²) < 4.78 is 1.76. The molecule has 7 heteroatoms. The lowest BCUT2D eigenvalue weighted by Gasteiger charge is -2.32. The van der Waals surface area contributed by atoms with Crippen LogP contribution in [0, 0.1) is 6.92 Å². The Labute approximate surface area is 164 Å². The summed E-state index contributed by atoms with van der Waals surface area (Å²) in [5.41, 5.74) is 2.90. The van der Waals surface area contributed by atoms with E-state index in [0.717, 1.165) is 24.9 Å². The molecule has 2 heterocycles. The summed E-state index contributed by atoms with van der Waals surface area (Å²) in [6.07, 6.45) is 3.62. The molecule has 1 saturated heterocycles. The van der Waals surface area contributed by atoms with E-state index in [4.69, 9.17) is 5.11 Å². The zero-order chi connectivity index (χ0) is 19.5. The van der Waals surface area contributed by atoms with E-state index in [2.05, 4.69) is 46.8 Å². The average Bonchev–Trinajstić information content (AvgIpc) is 3.23. The molecule has 7 nitrogen and oxygen atoms in total. The fraction of sp³-hybridized carbons (Fsp3) is 0.381. The van der Waals surface area contributed by atoms with Crippen LogP contribution in [0.1, 0.15) is 35.7 Å². The first-order valence-electron chi connectivity index (χ1n) is 9.67. The second-order valence-corrected chi connectivity index (χ2v) is 7.34. The molecule has 2 amide bonds. The van der Waals surface area contributed by atoms with Crippen molar-refractivity contribution >= 4 is 16.8 Å². The number of piperidine rings is 1. The fourth-order valence-corrected chi connectivity index (χ4v) is 3.87. The zero-order valence-electron chi connectivity index (χ0n) is 16.0. The molecule has 1 aromatic heterocycles. The highest BCUT2D eigenvalue weighted by atomic mass is 16.3. The number of fused-ring (bicyclic) bond motifs is 1. The lowest BCUT2D eigenvalue weighted by molar-refractivity contribution is 0.162. The van der Waals surface area contributed by atoms with Crippen molar-refractivity contribution in [3.05, 3.63) is 59.4 Å². The van der Waals surface area contributed by atoms with Gasteiger partial charge in [-0.2, -0.15) is 0 Å². The van der Waals surface area contributed by atoms with E-state index in [1.165, 1.54) is 16.3 Å². The van der Waals surface area contributed by atoms with Crippen molar-refractivity contribution in [2.75, 3.05) is 13.1 Å². The highest BCUT2D eigenvalue weighted by Gasteiger charge is 2.25. The molecular weight excluding hydrogens is 354 g/mol. The third-order valence-corrected chi connectivity index (χ3v) is 5.44. The summed E-state index contributed by atoms with van der Waals surface area (Å²) in [4.78, 5) is 14.6. The smallest absolute Gasteiger partial charge is 0.317 e. The zero-order valence-corrected chi connectivity index (χ0v) is 16.0. The van der Waals surface area contributed by atoms with Gasteiger partial charge in [-0.05, 0) is 41.7 Å². The first kappa shape index (κ1) is 18.4. The van der Waals surface area contributed by atoms with E-state index >= 15 is 0 Å². The van der Waals surface area contributed by atoms with Crippen LogP contribution in [0.2, 0.25) is 0 Å². The number of aliphatic hydroxyl groups is 1. The molecule has 0 radical (unpaired) electrons. The predicted octanol–water partition coefficient (Wildman–Crippen LogP) is 2.78. The Balaban J connectivity index is 1.42. The van der Waals surface area contributed by atoms with Crippen LogP contribution in [0.4, 0.5) is 4.79 Å². The summed E-state index contributed by atoms with van der Waals surface area (Å²) in [6.45, 7) is 3.80. The number of urea groups is 1. The number of amides is 2. The number of aromatic nitrogens is 3. The molecule has 2 N–H and O–H groups in total. The third-order valence-electron chi connectivity index (χ3n) is 5.44. The third kappa shape index (κ3) is 3.71. The van der Waals surface area contributed by atoms with E-state index in [-0.39, 0.29) is 18.7 Å². The van der Waals surface area contributed by atoms with Gasteiger partial charge in [0.1, 0.15) is 5.69 Å². The van der Waals surface area contributed by atoms with E-state index in [9.17, 15) is 4.79 Å². The Morgan fingerprint density at radius 3 is 2.86 bits per heavy atom. The van der Waals surface area contributed by atoms with E-state index < -0.39 is 0 Å². The Morgan fingerprint density at radius 1 is 1.25 bits per heavy atom. The van der Waals surface area contributed by atoms with Gasteiger partial charge < -0.3 is 15.3 Å². The van der Waals surface area contributed by atoms with Gasteiger partial charge in [0.15, 0.2) is 0 Å². The number of carbonyl (C=O) groups is 1. The Hall–Kier alpha value is -2.93. The van der Waals surface area contributed by atoms with Crippen molar-refractivity contribution < 1.29 is 9.90 Å². The number of carbonyl (C=O) groups excluding carboxylic acids is 1. The van der Waals surface area contributed by atoms with Gasteiger partial charge in [0.2, 0.25) is 0 Å². The summed E-state index contributed by atoms with van der Waals surface area (Å²) in [6, 6.07) is 12.5. The minimum atomic E-state index is -0.124. The van der Waals surface area contributed by atoms with Gasteiger partial charge in [-0.25, -0.2) is 9.48 Å². The number of aryl methyl sites for hydroxylation is 1. The predicted molar refractivity (Wildman–Crippen MR) is 107 cm³/mol. The van der Waals surface area contributed by atoms with E-state index in [1.807, 2.05) is 17.0 Å². The van der Waals surface area contributed by atoms with Crippen LogP contribution in [-0.2, 0) is 13.2 Å². The summed E-state index contributed by atoms with van der Waals surface area (Å²) >= 11 is 0. The number of rotatable bonds is 4. The van der Waals surface area contributed by atoms with Gasteiger partial charge in [0, 0.05) is 19.6 Å². The first-order valence-corrected chi connectivity index (χ1v) is 9.67. The number of aliphatic hydroxyl groups excluding tert-OH is 1. The van der Waals surface area contributed by atoms with Crippen LogP contribution < -0.4 is 5.32 Å². The summed E-state index contributed by atoms with van der Waals surface area (Å²) in [7, 11) is 0. The lowest BCUT2D eigenvalue weighted by Crippen LogP contribution is -2.45. The molecule has 1 fully saturated rings. The summed E-state index contributed by atoms with van der Waals surface area (Å²) in [5.74, 6) is 0. The number of hydrogen-bond acceptors (Lipinski definition) is 4. The van der Waals surface area contributed by atoms with Gasteiger partial charge >= 0.3 is 6.03 Å². The molecule has 0 aliphatic carbocycles. The Kier molecular flexibility index (Phi) is 5.25. The number of nitrogens with one attached hydrogen (secondary N) is 1. The minimum Gasteiger partial charge on any atom is -0.390 e. The van der Waals surface area contributed by atoms with Crippen LogP contribution in [-0.4, -0.2) is 44.1 Å². The normalized spacial score (nSPS) is 17.1. The fourth-order valence-electron chi connectivity index (χ4n) is 3.87. The highest BCUT2D eigenvalue weighted by molar-refractivity contribution is 5.88. The van der Waals surface area contributed by atoms with Gasteiger partial charge in [-0.3, -0.25) is 0 Å². The molecule has 0 saturated carbocycles. The summed E-state index contributed by atoms with van der Waals surface area (Å²) in [5, 5.41) is 22.7. The molecule has 1 unspecified atom stereocenters. The molecule has 0 bridgehead atoms. The largest absolute Gasteiger partial charge is 0.390 e. The maximum Gasteiger partial charge on any atom is 0.317 e. The molecule has 1 aliphatic rings. The quantitative estimate of drug-likeness (QED) is 0.730. The first-order chi connectivity index (χ1) is 13.7. The molecular formula is C21H25N5O2. The molecule has 4 rings (SSSR count). The SMILES string of the molecule is Cc1ccc(CNC(=O)N2CCCC(n3cc(CO)nn3)C2)c2ccccc12. The average molecular weight is 379 g/mol. The van der Waals surface area contributed by atoms with E-state index in [0.29, 0.717) is 18.8 Å². The maximum absolute atomic E-state index is 12.7. The number of benzene rings is 2. The molecule has 146 valence electrons.